The summed E-state index contributed by atoms with van der Waals surface area (Å²) in [5, 5.41) is 0. The minimum absolute atomic E-state index is 0.0983. The molecule has 3 rings (SSSR count). The van der Waals surface area contributed by atoms with Gasteiger partial charge in [0.05, 0.1) is 10.9 Å². The molecule has 1 spiro atoms. The van der Waals surface area contributed by atoms with Gasteiger partial charge in [-0.15, -0.1) is 11.8 Å². The van der Waals surface area contributed by atoms with E-state index in [-0.39, 0.29) is 22.7 Å². The first kappa shape index (κ1) is 13.7. The van der Waals surface area contributed by atoms with E-state index in [1.165, 1.54) is 0 Å². The van der Waals surface area contributed by atoms with Gasteiger partial charge in [-0.25, -0.2) is 0 Å². The van der Waals surface area contributed by atoms with Gasteiger partial charge in [-0.3, -0.25) is 9.78 Å². The van der Waals surface area contributed by atoms with Crippen LogP contribution in [-0.4, -0.2) is 45.5 Å². The first-order valence-electron chi connectivity index (χ1n) is 7.07. The first-order chi connectivity index (χ1) is 9.58. The van der Waals surface area contributed by atoms with E-state index in [9.17, 15) is 4.79 Å². The molecule has 108 valence electrons. The second-order valence-electron chi connectivity index (χ2n) is 5.98. The molecule has 0 unspecified atom stereocenters. The Balaban J connectivity index is 1.53. The van der Waals surface area contributed by atoms with Crippen molar-refractivity contribution >= 4 is 17.7 Å². The standard InChI is InChI=1S/C15H20N2O2S/c1-11(2)14(18)17-9-15(10-17)6-13(8-20-15)19-12-4-3-5-16-7-12/h3-5,7,11,13H,6,8-10H2,1-2H3/t13-/m1/s1. The average molecular weight is 292 g/mol. The number of carbonyl (C=O) groups is 1. The van der Waals surface area contributed by atoms with Gasteiger partial charge in [-0.2, -0.15) is 0 Å². The third kappa shape index (κ3) is 2.64. The summed E-state index contributed by atoms with van der Waals surface area (Å²) in [6, 6.07) is 3.83. The van der Waals surface area contributed by atoms with E-state index in [4.69, 9.17) is 4.74 Å². The number of amides is 1. The van der Waals surface area contributed by atoms with Crippen LogP contribution in [0.2, 0.25) is 0 Å². The topological polar surface area (TPSA) is 42.4 Å². The SMILES string of the molecule is CC(C)C(=O)N1CC2(C[C@@H](Oc3cccnc3)CS2)C1. The zero-order valence-electron chi connectivity index (χ0n) is 11.9. The third-order valence-electron chi connectivity index (χ3n) is 3.88. The Morgan fingerprint density at radius 2 is 2.35 bits per heavy atom. The van der Waals surface area contributed by atoms with Crippen LogP contribution < -0.4 is 4.74 Å². The molecular formula is C15H20N2O2S. The third-order valence-corrected chi connectivity index (χ3v) is 5.45. The summed E-state index contributed by atoms with van der Waals surface area (Å²) in [6.45, 7) is 5.68. The number of hydrogen-bond acceptors (Lipinski definition) is 4. The lowest BCUT2D eigenvalue weighted by molar-refractivity contribution is -0.139. The molecule has 0 bridgehead atoms. The number of rotatable bonds is 3. The van der Waals surface area contributed by atoms with E-state index in [2.05, 4.69) is 4.98 Å². The number of ether oxygens (including phenoxy) is 1. The molecule has 2 fully saturated rings. The Hall–Kier alpha value is -1.23. The number of likely N-dealkylation sites (tertiary alicyclic amines) is 1. The molecule has 1 atom stereocenters. The Bertz CT molecular complexity index is 486. The lowest BCUT2D eigenvalue weighted by atomic mass is 9.92. The minimum atomic E-state index is 0.0983. The fourth-order valence-electron chi connectivity index (χ4n) is 2.88. The summed E-state index contributed by atoms with van der Waals surface area (Å²) in [5.41, 5.74) is 0. The van der Waals surface area contributed by atoms with Gasteiger partial charge in [-0.05, 0) is 12.1 Å². The van der Waals surface area contributed by atoms with E-state index in [1.807, 2.05) is 42.6 Å². The highest BCUT2D eigenvalue weighted by atomic mass is 32.2. The second-order valence-corrected chi connectivity index (χ2v) is 7.46. The fourth-order valence-corrected chi connectivity index (χ4v) is 4.40. The first-order valence-corrected chi connectivity index (χ1v) is 8.06. The zero-order valence-corrected chi connectivity index (χ0v) is 12.7. The van der Waals surface area contributed by atoms with Crippen LogP contribution in [0.5, 0.6) is 5.75 Å². The molecule has 20 heavy (non-hydrogen) atoms. The van der Waals surface area contributed by atoms with E-state index in [0.29, 0.717) is 0 Å². The highest BCUT2D eigenvalue weighted by Gasteiger charge is 2.51. The summed E-state index contributed by atoms with van der Waals surface area (Å²) in [7, 11) is 0. The Labute approximate surface area is 123 Å². The maximum atomic E-state index is 11.9. The van der Waals surface area contributed by atoms with Crippen molar-refractivity contribution in [1.29, 1.82) is 0 Å². The molecule has 2 aliphatic rings. The van der Waals surface area contributed by atoms with E-state index in [1.54, 1.807) is 12.4 Å². The van der Waals surface area contributed by atoms with Crippen molar-refractivity contribution in [2.75, 3.05) is 18.8 Å². The van der Waals surface area contributed by atoms with Gasteiger partial charge in [0.15, 0.2) is 0 Å². The molecule has 0 aromatic carbocycles. The number of thioether (sulfide) groups is 1. The smallest absolute Gasteiger partial charge is 0.225 e. The summed E-state index contributed by atoms with van der Waals surface area (Å²) >= 11 is 1.95. The fraction of sp³-hybridized carbons (Fsp3) is 0.600. The molecule has 1 aromatic rings. The number of hydrogen-bond donors (Lipinski definition) is 0. The number of aromatic nitrogens is 1. The molecule has 1 aromatic heterocycles. The lowest BCUT2D eigenvalue weighted by Gasteiger charge is -2.48. The molecule has 0 aliphatic carbocycles. The highest BCUT2D eigenvalue weighted by molar-refractivity contribution is 8.01. The van der Waals surface area contributed by atoms with Crippen molar-refractivity contribution in [2.45, 2.75) is 31.1 Å². The largest absolute Gasteiger partial charge is 0.488 e. The van der Waals surface area contributed by atoms with E-state index >= 15 is 0 Å². The molecule has 1 amide bonds. The van der Waals surface area contributed by atoms with Gasteiger partial charge in [0.2, 0.25) is 5.91 Å². The second kappa shape index (κ2) is 5.28. The van der Waals surface area contributed by atoms with Crippen molar-refractivity contribution in [1.82, 2.24) is 9.88 Å². The van der Waals surface area contributed by atoms with E-state index in [0.717, 1.165) is 31.0 Å². The maximum absolute atomic E-state index is 11.9. The molecule has 0 saturated carbocycles. The normalized spacial score (nSPS) is 23.9. The van der Waals surface area contributed by atoms with Gasteiger partial charge in [0, 0.05) is 37.4 Å². The number of nitrogens with zero attached hydrogens (tertiary/aromatic N) is 2. The average Bonchev–Trinajstić information content (AvgIpc) is 2.81. The molecule has 2 aliphatic heterocycles. The summed E-state index contributed by atoms with van der Waals surface area (Å²) in [6.07, 6.45) is 4.76. The van der Waals surface area contributed by atoms with Crippen molar-refractivity contribution in [3.63, 3.8) is 0 Å². The van der Waals surface area contributed by atoms with Gasteiger partial charge >= 0.3 is 0 Å². The van der Waals surface area contributed by atoms with Crippen LogP contribution >= 0.6 is 11.8 Å². The van der Waals surface area contributed by atoms with E-state index < -0.39 is 0 Å². The molecule has 0 N–H and O–H groups in total. The van der Waals surface area contributed by atoms with Crippen molar-refractivity contribution in [2.24, 2.45) is 5.92 Å². The quantitative estimate of drug-likeness (QED) is 0.856. The van der Waals surface area contributed by atoms with Gasteiger partial charge < -0.3 is 9.64 Å². The summed E-state index contributed by atoms with van der Waals surface area (Å²) in [5.74, 6) is 2.21. The van der Waals surface area contributed by atoms with Crippen molar-refractivity contribution < 1.29 is 9.53 Å². The van der Waals surface area contributed by atoms with Crippen LogP contribution in [0.25, 0.3) is 0 Å². The van der Waals surface area contributed by atoms with Crippen LogP contribution in [0.4, 0.5) is 0 Å². The van der Waals surface area contributed by atoms with Crippen molar-refractivity contribution in [3.8, 4) is 5.75 Å². The van der Waals surface area contributed by atoms with Crippen molar-refractivity contribution in [3.05, 3.63) is 24.5 Å². The van der Waals surface area contributed by atoms with Crippen LogP contribution in [0, 0.1) is 5.92 Å². The molecular weight excluding hydrogens is 272 g/mol. The maximum Gasteiger partial charge on any atom is 0.225 e. The Morgan fingerprint density at radius 1 is 1.55 bits per heavy atom. The van der Waals surface area contributed by atoms with Crippen LogP contribution in [0.1, 0.15) is 20.3 Å². The molecule has 3 heterocycles. The van der Waals surface area contributed by atoms with Crippen LogP contribution in [0.15, 0.2) is 24.5 Å². The summed E-state index contributed by atoms with van der Waals surface area (Å²) < 4.78 is 6.20. The Kier molecular flexibility index (Phi) is 3.63. The van der Waals surface area contributed by atoms with Gasteiger partial charge in [-0.1, -0.05) is 13.8 Å². The lowest BCUT2D eigenvalue weighted by Crippen LogP contribution is -2.61. The van der Waals surface area contributed by atoms with Crippen LogP contribution in [0.3, 0.4) is 0 Å². The number of pyridine rings is 1. The molecule has 0 radical (unpaired) electrons. The Morgan fingerprint density at radius 3 is 3.00 bits per heavy atom. The predicted octanol–water partition coefficient (Wildman–Crippen LogP) is 2.20. The van der Waals surface area contributed by atoms with Gasteiger partial charge in [0.25, 0.3) is 0 Å². The monoisotopic (exact) mass is 292 g/mol. The zero-order chi connectivity index (χ0) is 14.2. The number of carbonyl (C=O) groups excluding carboxylic acids is 1. The molecule has 4 nitrogen and oxygen atoms in total. The predicted molar refractivity (Wildman–Crippen MR) is 79.9 cm³/mol. The molecule has 5 heteroatoms. The minimum Gasteiger partial charge on any atom is -0.488 e. The molecule has 2 saturated heterocycles. The summed E-state index contributed by atoms with van der Waals surface area (Å²) in [4.78, 5) is 18.0. The van der Waals surface area contributed by atoms with Gasteiger partial charge in [0.1, 0.15) is 11.9 Å². The van der Waals surface area contributed by atoms with Crippen LogP contribution in [-0.2, 0) is 4.79 Å². The highest BCUT2D eigenvalue weighted by Crippen LogP contribution is 2.46.